The van der Waals surface area contributed by atoms with E-state index in [1.54, 1.807) is 0 Å². The van der Waals surface area contributed by atoms with Crippen molar-refractivity contribution >= 4 is 11.8 Å². The molecule has 2 aliphatic rings. The van der Waals surface area contributed by atoms with Crippen molar-refractivity contribution in [3.63, 3.8) is 0 Å². The number of hydrogen-bond donors (Lipinski definition) is 1. The lowest BCUT2D eigenvalue weighted by atomic mass is 10.2. The summed E-state index contributed by atoms with van der Waals surface area (Å²) in [6.45, 7) is 6.30. The first-order chi connectivity index (χ1) is 7.56. The van der Waals surface area contributed by atoms with Crippen molar-refractivity contribution in [3.05, 3.63) is 0 Å². The molecule has 1 N–H and O–H groups in total. The van der Waals surface area contributed by atoms with Gasteiger partial charge in [-0.2, -0.15) is 0 Å². The molecule has 2 rings (SSSR count). The van der Waals surface area contributed by atoms with Crippen molar-refractivity contribution in [2.45, 2.75) is 38.9 Å². The fourth-order valence-electron chi connectivity index (χ4n) is 2.54. The van der Waals surface area contributed by atoms with E-state index in [-0.39, 0.29) is 24.0 Å². The third kappa shape index (κ3) is 2.41. The van der Waals surface area contributed by atoms with Gasteiger partial charge in [0.15, 0.2) is 6.67 Å². The molecular weight excluding hydrogens is 208 g/mol. The molecule has 5 heteroatoms. The number of hydrogen-bond acceptors (Lipinski definition) is 3. The van der Waals surface area contributed by atoms with Crippen LogP contribution in [0.25, 0.3) is 0 Å². The van der Waals surface area contributed by atoms with Gasteiger partial charge in [0.25, 0.3) is 0 Å². The van der Waals surface area contributed by atoms with Crippen LogP contribution in [-0.4, -0.2) is 48.7 Å². The normalized spacial score (nSPS) is 35.9. The van der Waals surface area contributed by atoms with Crippen molar-refractivity contribution in [3.8, 4) is 0 Å². The molecule has 0 aromatic rings. The lowest BCUT2D eigenvalue weighted by Gasteiger charge is -2.33. The second kappa shape index (κ2) is 4.51. The lowest BCUT2D eigenvalue weighted by molar-refractivity contribution is -0.922. The van der Waals surface area contributed by atoms with Crippen LogP contribution in [0, 0.1) is 0 Å². The van der Waals surface area contributed by atoms with Crippen LogP contribution in [0.15, 0.2) is 0 Å². The maximum absolute atomic E-state index is 11.5. The summed E-state index contributed by atoms with van der Waals surface area (Å²) in [7, 11) is 0. The number of nitrogens with zero attached hydrogens (tertiary/aromatic N) is 1. The van der Waals surface area contributed by atoms with E-state index in [2.05, 4.69) is 0 Å². The largest absolute Gasteiger partial charge is 0.364 e. The fraction of sp³-hybridized carbons (Fsp3) is 0.818. The van der Waals surface area contributed by atoms with E-state index in [0.717, 1.165) is 13.1 Å². The molecule has 2 saturated heterocycles. The van der Waals surface area contributed by atoms with Gasteiger partial charge in [-0.3, -0.25) is 9.59 Å². The van der Waals surface area contributed by atoms with Gasteiger partial charge in [-0.1, -0.05) is 0 Å². The Bertz CT molecular complexity index is 280. The first-order valence-corrected chi connectivity index (χ1v) is 5.88. The number of likely N-dealkylation sites (tertiary alicyclic amines) is 1. The number of carbonyl (C=O) groups excluding carboxylic acids is 2. The van der Waals surface area contributed by atoms with Gasteiger partial charge < -0.3 is 9.64 Å². The molecule has 5 nitrogen and oxygen atoms in total. The number of rotatable bonds is 2. The third-order valence-corrected chi connectivity index (χ3v) is 3.15. The molecule has 90 valence electrons. The molecule has 0 bridgehead atoms. The monoisotopic (exact) mass is 227 g/mol. The van der Waals surface area contributed by atoms with Gasteiger partial charge in [0, 0.05) is 12.8 Å². The van der Waals surface area contributed by atoms with Crippen LogP contribution in [-0.2, 0) is 14.3 Å². The summed E-state index contributed by atoms with van der Waals surface area (Å²) in [5, 5.41) is 0. The first kappa shape index (κ1) is 11.5. The summed E-state index contributed by atoms with van der Waals surface area (Å²) in [6, 6.07) is 0. The van der Waals surface area contributed by atoms with Crippen LogP contribution in [0.2, 0.25) is 0 Å². The topological polar surface area (TPSA) is 51.0 Å². The van der Waals surface area contributed by atoms with E-state index in [1.807, 2.05) is 13.8 Å². The van der Waals surface area contributed by atoms with Crippen LogP contribution < -0.4 is 4.90 Å². The Kier molecular flexibility index (Phi) is 3.25. The highest BCUT2D eigenvalue weighted by Gasteiger charge is 2.34. The summed E-state index contributed by atoms with van der Waals surface area (Å²) in [6.07, 6.45) is 1.17. The van der Waals surface area contributed by atoms with Crippen molar-refractivity contribution < 1.29 is 19.2 Å². The molecule has 0 aromatic carbocycles. The number of carbonyl (C=O) groups is 2. The van der Waals surface area contributed by atoms with Gasteiger partial charge in [0.05, 0.1) is 0 Å². The average Bonchev–Trinajstić information content (AvgIpc) is 2.48. The Morgan fingerprint density at radius 3 is 2.19 bits per heavy atom. The third-order valence-electron chi connectivity index (χ3n) is 3.15. The summed E-state index contributed by atoms with van der Waals surface area (Å²) in [5.74, 6) is -0.0476. The van der Waals surface area contributed by atoms with Gasteiger partial charge >= 0.3 is 0 Å². The van der Waals surface area contributed by atoms with E-state index in [4.69, 9.17) is 4.74 Å². The second-order valence-corrected chi connectivity index (χ2v) is 4.79. The zero-order chi connectivity index (χ0) is 11.7. The molecule has 2 amide bonds. The van der Waals surface area contributed by atoms with Crippen LogP contribution in [0.5, 0.6) is 0 Å². The standard InChI is InChI=1S/C11H18N2O3/c1-8-5-12(6-9(2)16-8)7-13-10(14)3-4-11(13)15/h8-9H,3-7H2,1-2H3/p+1/t8-,9-/m1/s1. The van der Waals surface area contributed by atoms with Crippen molar-refractivity contribution in [2.24, 2.45) is 0 Å². The first-order valence-electron chi connectivity index (χ1n) is 5.88. The van der Waals surface area contributed by atoms with E-state index in [9.17, 15) is 9.59 Å². The fourth-order valence-corrected chi connectivity index (χ4v) is 2.54. The quantitative estimate of drug-likeness (QED) is 0.602. The van der Waals surface area contributed by atoms with Gasteiger partial charge in [0.1, 0.15) is 25.3 Å². The van der Waals surface area contributed by atoms with Gasteiger partial charge in [-0.15, -0.1) is 0 Å². The summed E-state index contributed by atoms with van der Waals surface area (Å²) in [5.41, 5.74) is 0. The van der Waals surface area contributed by atoms with Crippen LogP contribution in [0.3, 0.4) is 0 Å². The molecule has 0 saturated carbocycles. The minimum Gasteiger partial charge on any atom is -0.364 e. The molecule has 2 fully saturated rings. The maximum atomic E-state index is 11.5. The van der Waals surface area contributed by atoms with Gasteiger partial charge in [-0.05, 0) is 13.8 Å². The Morgan fingerprint density at radius 2 is 1.69 bits per heavy atom. The zero-order valence-corrected chi connectivity index (χ0v) is 9.86. The van der Waals surface area contributed by atoms with Crippen LogP contribution in [0.4, 0.5) is 0 Å². The van der Waals surface area contributed by atoms with Crippen molar-refractivity contribution in [1.82, 2.24) is 4.90 Å². The number of quaternary nitrogens is 1. The van der Waals surface area contributed by atoms with Crippen molar-refractivity contribution in [1.29, 1.82) is 0 Å². The summed E-state index contributed by atoms with van der Waals surface area (Å²) < 4.78 is 5.63. The highest BCUT2D eigenvalue weighted by atomic mass is 16.5. The van der Waals surface area contributed by atoms with Gasteiger partial charge in [-0.25, -0.2) is 4.90 Å². The van der Waals surface area contributed by atoms with E-state index in [1.165, 1.54) is 9.80 Å². The van der Waals surface area contributed by atoms with E-state index < -0.39 is 0 Å². The van der Waals surface area contributed by atoms with E-state index in [0.29, 0.717) is 19.5 Å². The smallest absolute Gasteiger partial charge is 0.234 e. The highest BCUT2D eigenvalue weighted by Crippen LogP contribution is 2.09. The molecule has 2 atom stereocenters. The number of nitrogens with one attached hydrogen (secondary N) is 1. The minimum absolute atomic E-state index is 0.0238. The Labute approximate surface area is 95.3 Å². The van der Waals surface area contributed by atoms with Crippen LogP contribution in [0.1, 0.15) is 26.7 Å². The Morgan fingerprint density at radius 1 is 1.19 bits per heavy atom. The lowest BCUT2D eigenvalue weighted by Crippen LogP contribution is -3.16. The molecular formula is C11H19N2O3+. The number of ether oxygens (including phenoxy) is 1. The second-order valence-electron chi connectivity index (χ2n) is 4.79. The molecule has 0 radical (unpaired) electrons. The van der Waals surface area contributed by atoms with Gasteiger partial charge in [0.2, 0.25) is 11.8 Å². The maximum Gasteiger partial charge on any atom is 0.234 e. The predicted molar refractivity (Wildman–Crippen MR) is 56.7 cm³/mol. The molecule has 0 aromatic heterocycles. The minimum atomic E-state index is -0.0238. The predicted octanol–water partition coefficient (Wildman–Crippen LogP) is -1.21. The van der Waals surface area contributed by atoms with Crippen molar-refractivity contribution in [2.75, 3.05) is 19.8 Å². The highest BCUT2D eigenvalue weighted by molar-refractivity contribution is 6.01. The molecule has 0 spiro atoms. The number of amides is 2. The number of morpholine rings is 1. The SMILES string of the molecule is C[C@@H]1C[NH+](CN2C(=O)CCC2=O)C[C@@H](C)O1. The molecule has 2 aliphatic heterocycles. The van der Waals surface area contributed by atoms with Crippen LogP contribution >= 0.6 is 0 Å². The molecule has 2 heterocycles. The molecule has 16 heavy (non-hydrogen) atoms. The Balaban J connectivity index is 1.93. The average molecular weight is 227 g/mol. The Hall–Kier alpha value is -0.940. The summed E-state index contributed by atoms with van der Waals surface area (Å²) >= 11 is 0. The number of imide groups is 1. The van der Waals surface area contributed by atoms with E-state index >= 15 is 0 Å². The molecule has 0 aliphatic carbocycles. The zero-order valence-electron chi connectivity index (χ0n) is 9.86. The molecule has 0 unspecified atom stereocenters. The summed E-state index contributed by atoms with van der Waals surface area (Å²) in [4.78, 5) is 25.6.